The molecule has 1 atom stereocenters. The Bertz CT molecular complexity index is 796. The van der Waals surface area contributed by atoms with Gasteiger partial charge in [0.2, 0.25) is 17.8 Å². The number of thiophene rings is 1. The summed E-state index contributed by atoms with van der Waals surface area (Å²) >= 11 is 1.00. The van der Waals surface area contributed by atoms with E-state index < -0.39 is 11.8 Å². The van der Waals surface area contributed by atoms with E-state index >= 15 is 0 Å². The maximum atomic E-state index is 13.9. The number of aromatic nitrogens is 3. The van der Waals surface area contributed by atoms with Gasteiger partial charge < -0.3 is 10.1 Å². The van der Waals surface area contributed by atoms with Crippen LogP contribution in [0, 0.1) is 12.7 Å². The zero-order valence-corrected chi connectivity index (χ0v) is 15.0. The number of hydrogen-bond donors (Lipinski definition) is 2. The van der Waals surface area contributed by atoms with Crippen molar-refractivity contribution in [2.45, 2.75) is 41.2 Å². The van der Waals surface area contributed by atoms with Crippen molar-refractivity contribution in [3.63, 3.8) is 0 Å². The van der Waals surface area contributed by atoms with Crippen LogP contribution in [-0.2, 0) is 9.53 Å². The molecule has 1 amide bonds. The van der Waals surface area contributed by atoms with Crippen LogP contribution in [0.2, 0.25) is 0 Å². The van der Waals surface area contributed by atoms with E-state index in [2.05, 4.69) is 25.6 Å². The number of aryl methyl sites for hydroxylation is 1. The van der Waals surface area contributed by atoms with Gasteiger partial charge in [-0.1, -0.05) is 7.43 Å². The lowest BCUT2D eigenvalue weighted by atomic mass is 10.2. The van der Waals surface area contributed by atoms with Crippen LogP contribution in [-0.4, -0.2) is 33.4 Å². The summed E-state index contributed by atoms with van der Waals surface area (Å²) in [6, 6.07) is 0.909. The Labute approximate surface area is 155 Å². The molecule has 2 N–H and O–H groups in total. The van der Waals surface area contributed by atoms with Crippen molar-refractivity contribution in [1.29, 1.82) is 0 Å². The molecule has 1 unspecified atom stereocenters. The minimum Gasteiger partial charge on any atom is -0.462 e. The zero-order valence-electron chi connectivity index (χ0n) is 14.2. The SMILES string of the molecule is C.CCOC(=O)c1sc(C(C)Nc2nc(C)nc(NC(C)=O)n2)cc1F. The Morgan fingerprint density at radius 1 is 1.31 bits per heavy atom. The topological polar surface area (TPSA) is 106 Å². The van der Waals surface area contributed by atoms with Gasteiger partial charge in [0.25, 0.3) is 0 Å². The average Bonchev–Trinajstić information content (AvgIpc) is 2.88. The molecule has 2 rings (SSSR count). The average molecular weight is 383 g/mol. The van der Waals surface area contributed by atoms with Gasteiger partial charge in [0, 0.05) is 11.8 Å². The van der Waals surface area contributed by atoms with Gasteiger partial charge in [0.05, 0.1) is 12.6 Å². The minimum atomic E-state index is -0.688. The second-order valence-corrected chi connectivity index (χ2v) is 6.21. The number of anilines is 2. The van der Waals surface area contributed by atoms with Crippen LogP contribution < -0.4 is 10.6 Å². The summed E-state index contributed by atoms with van der Waals surface area (Å²) in [7, 11) is 0. The lowest BCUT2D eigenvalue weighted by molar-refractivity contribution is -0.114. The van der Waals surface area contributed by atoms with E-state index in [1.807, 2.05) is 0 Å². The second kappa shape index (κ2) is 9.18. The van der Waals surface area contributed by atoms with Gasteiger partial charge in [-0.05, 0) is 26.8 Å². The molecule has 0 aliphatic carbocycles. The first-order valence-electron chi connectivity index (χ1n) is 7.53. The summed E-state index contributed by atoms with van der Waals surface area (Å²) in [6.45, 7) is 6.61. The normalized spacial score (nSPS) is 11.3. The Morgan fingerprint density at radius 2 is 1.96 bits per heavy atom. The van der Waals surface area contributed by atoms with Gasteiger partial charge in [-0.15, -0.1) is 11.3 Å². The number of hydrogen-bond acceptors (Lipinski definition) is 8. The molecule has 0 aromatic carbocycles. The van der Waals surface area contributed by atoms with E-state index in [0.29, 0.717) is 10.7 Å². The fourth-order valence-electron chi connectivity index (χ4n) is 1.96. The van der Waals surface area contributed by atoms with E-state index in [0.717, 1.165) is 11.3 Å². The van der Waals surface area contributed by atoms with E-state index in [9.17, 15) is 14.0 Å². The maximum Gasteiger partial charge on any atom is 0.351 e. The lowest BCUT2D eigenvalue weighted by Crippen LogP contribution is -2.14. The fourth-order valence-corrected chi connectivity index (χ4v) is 2.89. The lowest BCUT2D eigenvalue weighted by Gasteiger charge is -2.13. The highest BCUT2D eigenvalue weighted by Crippen LogP contribution is 2.29. The number of nitrogens with one attached hydrogen (secondary N) is 2. The third kappa shape index (κ3) is 5.45. The fraction of sp³-hybridized carbons (Fsp3) is 0.438. The molecule has 8 nitrogen and oxygen atoms in total. The number of nitrogens with zero attached hydrogens (tertiary/aromatic N) is 3. The van der Waals surface area contributed by atoms with Gasteiger partial charge in [0.1, 0.15) is 16.5 Å². The third-order valence-corrected chi connectivity index (χ3v) is 4.25. The molecule has 0 bridgehead atoms. The number of esters is 1. The summed E-state index contributed by atoms with van der Waals surface area (Å²) in [5.41, 5.74) is 0. The van der Waals surface area contributed by atoms with Crippen LogP contribution in [0.15, 0.2) is 6.07 Å². The van der Waals surface area contributed by atoms with Crippen molar-refractivity contribution >= 4 is 35.1 Å². The van der Waals surface area contributed by atoms with Crippen molar-refractivity contribution in [1.82, 2.24) is 15.0 Å². The molecule has 0 fully saturated rings. The Balaban J connectivity index is 0.00000338. The number of rotatable bonds is 6. The summed E-state index contributed by atoms with van der Waals surface area (Å²) in [5, 5.41) is 5.48. The smallest absolute Gasteiger partial charge is 0.351 e. The molecule has 2 aromatic rings. The van der Waals surface area contributed by atoms with Crippen molar-refractivity contribution in [3.05, 3.63) is 27.5 Å². The standard InChI is InChI=1S/C15H18FN5O3S.CH4/c1-5-24-13(23)12-10(16)6-11(25-12)7(2)17-14-18-8(3)19-15(21-14)20-9(4)22;/h6-7H,5H2,1-4H3,(H2,17,18,19,20,21,22);1H4. The van der Waals surface area contributed by atoms with Crippen LogP contribution >= 0.6 is 11.3 Å². The van der Waals surface area contributed by atoms with Gasteiger partial charge in [-0.3, -0.25) is 10.1 Å². The predicted molar refractivity (Wildman–Crippen MR) is 97.9 cm³/mol. The molecule has 142 valence electrons. The molecule has 2 aromatic heterocycles. The molecule has 26 heavy (non-hydrogen) atoms. The largest absolute Gasteiger partial charge is 0.462 e. The second-order valence-electron chi connectivity index (χ2n) is 5.12. The quantitative estimate of drug-likeness (QED) is 0.737. The van der Waals surface area contributed by atoms with Crippen molar-refractivity contribution < 1.29 is 18.7 Å². The molecular weight excluding hydrogens is 361 g/mol. The molecule has 0 aliphatic rings. The zero-order chi connectivity index (χ0) is 18.6. The Hall–Kier alpha value is -2.62. The summed E-state index contributed by atoms with van der Waals surface area (Å²) in [4.78, 5) is 35.6. The first-order chi connectivity index (χ1) is 11.8. The first-order valence-corrected chi connectivity index (χ1v) is 8.35. The van der Waals surface area contributed by atoms with E-state index in [-0.39, 0.29) is 42.8 Å². The first kappa shape index (κ1) is 21.4. The van der Waals surface area contributed by atoms with E-state index in [1.54, 1.807) is 20.8 Å². The van der Waals surface area contributed by atoms with Crippen LogP contribution in [0.1, 0.15) is 54.6 Å². The maximum absolute atomic E-state index is 13.9. The van der Waals surface area contributed by atoms with E-state index in [1.165, 1.54) is 13.0 Å². The third-order valence-electron chi connectivity index (χ3n) is 2.97. The highest BCUT2D eigenvalue weighted by Gasteiger charge is 2.21. The molecule has 2 heterocycles. The monoisotopic (exact) mass is 383 g/mol. The molecule has 0 saturated carbocycles. The molecule has 0 spiro atoms. The van der Waals surface area contributed by atoms with Crippen molar-refractivity contribution in [3.8, 4) is 0 Å². The highest BCUT2D eigenvalue weighted by atomic mass is 32.1. The van der Waals surface area contributed by atoms with Gasteiger partial charge in [-0.2, -0.15) is 15.0 Å². The number of amides is 1. The minimum absolute atomic E-state index is 0. The molecular formula is C16H22FN5O3S. The number of carbonyl (C=O) groups is 2. The summed E-state index contributed by atoms with van der Waals surface area (Å²) in [5.74, 6) is -0.846. The van der Waals surface area contributed by atoms with Gasteiger partial charge in [0.15, 0.2) is 0 Å². The number of halogens is 1. The van der Waals surface area contributed by atoms with Crippen LogP contribution in [0.25, 0.3) is 0 Å². The Kier molecular flexibility index (Phi) is 7.56. The molecule has 0 saturated heterocycles. The van der Waals surface area contributed by atoms with Crippen LogP contribution in [0.4, 0.5) is 16.3 Å². The van der Waals surface area contributed by atoms with Crippen molar-refractivity contribution in [2.24, 2.45) is 0 Å². The van der Waals surface area contributed by atoms with Crippen LogP contribution in [0.3, 0.4) is 0 Å². The summed E-state index contributed by atoms with van der Waals surface area (Å²) in [6.07, 6.45) is 0. The summed E-state index contributed by atoms with van der Waals surface area (Å²) < 4.78 is 18.8. The van der Waals surface area contributed by atoms with Gasteiger partial charge >= 0.3 is 5.97 Å². The molecule has 10 heteroatoms. The Morgan fingerprint density at radius 3 is 2.58 bits per heavy atom. The molecule has 0 aliphatic heterocycles. The van der Waals surface area contributed by atoms with Crippen LogP contribution in [0.5, 0.6) is 0 Å². The predicted octanol–water partition coefficient (Wildman–Crippen LogP) is 3.32. The van der Waals surface area contributed by atoms with Crippen molar-refractivity contribution in [2.75, 3.05) is 17.2 Å². The molecule has 0 radical (unpaired) electrons. The van der Waals surface area contributed by atoms with E-state index in [4.69, 9.17) is 4.74 Å². The van der Waals surface area contributed by atoms with Gasteiger partial charge in [-0.25, -0.2) is 9.18 Å². The number of carbonyl (C=O) groups excluding carboxylic acids is 2. The number of ether oxygens (including phenoxy) is 1. The highest BCUT2D eigenvalue weighted by molar-refractivity contribution is 7.14.